The first-order chi connectivity index (χ1) is 12.7. The molecular weight excluding hydrogens is 348 g/mol. The quantitative estimate of drug-likeness (QED) is 0.558. The van der Waals surface area contributed by atoms with Crippen LogP contribution in [0.4, 0.5) is 5.82 Å². The average Bonchev–Trinajstić information content (AvgIpc) is 3.11. The van der Waals surface area contributed by atoms with Crippen LogP contribution in [-0.4, -0.2) is 28.0 Å². The predicted molar refractivity (Wildman–Crippen MR) is 102 cm³/mol. The first-order valence-corrected chi connectivity index (χ1v) is 8.63. The molecule has 0 fully saturated rings. The van der Waals surface area contributed by atoms with Gasteiger partial charge in [0.15, 0.2) is 0 Å². The number of benzene rings is 1. The molecule has 0 amide bonds. The molecule has 0 bridgehead atoms. The zero-order valence-corrected chi connectivity index (χ0v) is 14.7. The summed E-state index contributed by atoms with van der Waals surface area (Å²) in [6.07, 6.45) is 3.23. The lowest BCUT2D eigenvalue weighted by atomic mass is 10.1. The third-order valence-corrected chi connectivity index (χ3v) is 5.00. The number of methoxy groups -OCH3 is 1. The van der Waals surface area contributed by atoms with Gasteiger partial charge >= 0.3 is 5.97 Å². The van der Waals surface area contributed by atoms with Crippen LogP contribution in [0.2, 0.25) is 0 Å². The van der Waals surface area contributed by atoms with E-state index < -0.39 is 5.97 Å². The molecule has 6 nitrogen and oxygen atoms in total. The van der Waals surface area contributed by atoms with Crippen molar-refractivity contribution >= 4 is 33.3 Å². The Bertz CT molecular complexity index is 1090. The number of carbonyl (C=O) groups is 1. The Hall–Kier alpha value is -3.32. The van der Waals surface area contributed by atoms with Crippen molar-refractivity contribution in [3.05, 3.63) is 60.6 Å². The predicted octanol–water partition coefficient (Wildman–Crippen LogP) is 3.79. The summed E-state index contributed by atoms with van der Waals surface area (Å²) in [7, 11) is 1.33. The topological polar surface area (TPSA) is 91.0 Å². The Morgan fingerprint density at radius 1 is 1.12 bits per heavy atom. The number of carbonyl (C=O) groups excluding carboxylic acids is 1. The van der Waals surface area contributed by atoms with Gasteiger partial charge in [0.05, 0.1) is 22.9 Å². The molecule has 2 N–H and O–H groups in total. The minimum absolute atomic E-state index is 0.239. The van der Waals surface area contributed by atoms with Crippen molar-refractivity contribution in [1.29, 1.82) is 0 Å². The van der Waals surface area contributed by atoms with Crippen LogP contribution < -0.4 is 5.73 Å². The zero-order chi connectivity index (χ0) is 18.1. The second-order valence-electron chi connectivity index (χ2n) is 5.56. The van der Waals surface area contributed by atoms with E-state index in [9.17, 15) is 4.79 Å². The van der Waals surface area contributed by atoms with E-state index in [0.717, 1.165) is 31.9 Å². The number of para-hydroxylation sites is 1. The van der Waals surface area contributed by atoms with E-state index in [-0.39, 0.29) is 5.69 Å². The maximum atomic E-state index is 11.7. The van der Waals surface area contributed by atoms with Gasteiger partial charge in [0.25, 0.3) is 0 Å². The number of ether oxygens (including phenoxy) is 1. The summed E-state index contributed by atoms with van der Waals surface area (Å²) in [6.45, 7) is 0. The highest BCUT2D eigenvalue weighted by Gasteiger charge is 2.13. The molecule has 128 valence electrons. The summed E-state index contributed by atoms with van der Waals surface area (Å²) in [5, 5.41) is 0.806. The molecule has 7 heteroatoms. The molecule has 26 heavy (non-hydrogen) atoms. The second-order valence-corrected chi connectivity index (χ2v) is 6.60. The normalized spacial score (nSPS) is 10.8. The fourth-order valence-corrected chi connectivity index (χ4v) is 3.61. The molecule has 0 radical (unpaired) electrons. The summed E-state index contributed by atoms with van der Waals surface area (Å²) in [6, 6.07) is 13.3. The number of nitrogen functional groups attached to an aromatic ring is 1. The number of nitrogens with two attached hydrogens (primary N) is 1. The van der Waals surface area contributed by atoms with Crippen LogP contribution in [-0.2, 0) is 4.74 Å². The molecule has 3 aromatic heterocycles. The third kappa shape index (κ3) is 2.89. The fourth-order valence-electron chi connectivity index (χ4n) is 2.62. The summed E-state index contributed by atoms with van der Waals surface area (Å²) < 4.78 is 5.81. The van der Waals surface area contributed by atoms with Crippen molar-refractivity contribution in [3.8, 4) is 21.7 Å². The number of rotatable bonds is 3. The maximum absolute atomic E-state index is 11.7. The van der Waals surface area contributed by atoms with E-state index in [1.54, 1.807) is 29.8 Å². The molecule has 4 aromatic rings. The number of pyridine rings is 2. The lowest BCUT2D eigenvalue weighted by Gasteiger charge is -2.07. The van der Waals surface area contributed by atoms with Crippen LogP contribution in [0.1, 0.15) is 10.5 Å². The van der Waals surface area contributed by atoms with E-state index in [1.165, 1.54) is 7.11 Å². The SMILES string of the molecule is COC(=O)c1cc(-c2cnc(N)c(-c3nc4ccccc4s3)c2)ccn1. The standard InChI is InChI=1S/C19H14N4O2S/c1-25-19(24)15-9-11(6-7-21-15)12-8-13(17(20)22-10-12)18-23-14-4-2-3-5-16(14)26-18/h2-10H,1H3,(H2,20,22). The first-order valence-electron chi connectivity index (χ1n) is 7.82. The smallest absolute Gasteiger partial charge is 0.356 e. The zero-order valence-electron chi connectivity index (χ0n) is 13.8. The number of esters is 1. The summed E-state index contributed by atoms with van der Waals surface area (Å²) in [4.78, 5) is 24.7. The minimum atomic E-state index is -0.485. The molecule has 0 aliphatic heterocycles. The molecule has 0 saturated carbocycles. The van der Waals surface area contributed by atoms with Crippen molar-refractivity contribution in [3.63, 3.8) is 0 Å². The van der Waals surface area contributed by atoms with Crippen LogP contribution in [0.15, 0.2) is 54.9 Å². The number of thiazole rings is 1. The highest BCUT2D eigenvalue weighted by atomic mass is 32.1. The largest absolute Gasteiger partial charge is 0.464 e. The Morgan fingerprint density at radius 3 is 2.77 bits per heavy atom. The van der Waals surface area contributed by atoms with Gasteiger partial charge in [-0.2, -0.15) is 0 Å². The second kappa shape index (κ2) is 6.53. The number of hydrogen-bond acceptors (Lipinski definition) is 7. The summed E-state index contributed by atoms with van der Waals surface area (Å²) in [5.74, 6) is -0.0725. The van der Waals surface area contributed by atoms with Crippen molar-refractivity contribution in [1.82, 2.24) is 15.0 Å². The van der Waals surface area contributed by atoms with Gasteiger partial charge < -0.3 is 10.5 Å². The van der Waals surface area contributed by atoms with Gasteiger partial charge in [-0.15, -0.1) is 11.3 Å². The number of fused-ring (bicyclic) bond motifs is 1. The Labute approximate surface area is 153 Å². The van der Waals surface area contributed by atoms with Gasteiger partial charge in [-0.1, -0.05) is 12.1 Å². The highest BCUT2D eigenvalue weighted by molar-refractivity contribution is 7.21. The highest BCUT2D eigenvalue weighted by Crippen LogP contribution is 2.34. The molecule has 0 spiro atoms. The lowest BCUT2D eigenvalue weighted by Crippen LogP contribution is -2.04. The number of hydrogen-bond donors (Lipinski definition) is 1. The Kier molecular flexibility index (Phi) is 4.06. The molecule has 0 unspecified atom stereocenters. The van der Waals surface area contributed by atoms with Gasteiger partial charge in [-0.25, -0.2) is 19.7 Å². The molecule has 0 atom stereocenters. The van der Waals surface area contributed by atoms with Crippen molar-refractivity contribution in [2.75, 3.05) is 12.8 Å². The van der Waals surface area contributed by atoms with Crippen LogP contribution in [0, 0.1) is 0 Å². The van der Waals surface area contributed by atoms with Crippen LogP contribution in [0.3, 0.4) is 0 Å². The average molecular weight is 362 g/mol. The van der Waals surface area contributed by atoms with E-state index in [1.807, 2.05) is 36.4 Å². The van der Waals surface area contributed by atoms with E-state index >= 15 is 0 Å². The van der Waals surface area contributed by atoms with E-state index in [2.05, 4.69) is 15.0 Å². The molecule has 0 aliphatic carbocycles. The molecule has 4 rings (SSSR count). The fraction of sp³-hybridized carbons (Fsp3) is 0.0526. The molecule has 1 aromatic carbocycles. The van der Waals surface area contributed by atoms with Crippen molar-refractivity contribution in [2.45, 2.75) is 0 Å². The molecule has 0 saturated heterocycles. The van der Waals surface area contributed by atoms with Crippen molar-refractivity contribution in [2.24, 2.45) is 0 Å². The van der Waals surface area contributed by atoms with Crippen molar-refractivity contribution < 1.29 is 9.53 Å². The van der Waals surface area contributed by atoms with Gasteiger partial charge in [-0.05, 0) is 35.9 Å². The molecular formula is C19H14N4O2S. The molecule has 0 aliphatic rings. The van der Waals surface area contributed by atoms with E-state index in [4.69, 9.17) is 10.5 Å². The van der Waals surface area contributed by atoms with E-state index in [0.29, 0.717) is 5.82 Å². The summed E-state index contributed by atoms with van der Waals surface area (Å²) in [5.41, 5.74) is 9.64. The number of aromatic nitrogens is 3. The Balaban J connectivity index is 1.80. The maximum Gasteiger partial charge on any atom is 0.356 e. The van der Waals surface area contributed by atoms with Gasteiger partial charge in [0, 0.05) is 18.0 Å². The monoisotopic (exact) mass is 362 g/mol. The summed E-state index contributed by atoms with van der Waals surface area (Å²) >= 11 is 1.56. The van der Waals surface area contributed by atoms with Gasteiger partial charge in [0.1, 0.15) is 16.5 Å². The first kappa shape index (κ1) is 16.2. The number of nitrogens with zero attached hydrogens (tertiary/aromatic N) is 3. The Morgan fingerprint density at radius 2 is 1.96 bits per heavy atom. The van der Waals surface area contributed by atoms with Crippen LogP contribution in [0.5, 0.6) is 0 Å². The number of anilines is 1. The van der Waals surface area contributed by atoms with Crippen LogP contribution >= 0.6 is 11.3 Å². The van der Waals surface area contributed by atoms with Gasteiger partial charge in [-0.3, -0.25) is 0 Å². The molecule has 3 heterocycles. The lowest BCUT2D eigenvalue weighted by molar-refractivity contribution is 0.0594. The minimum Gasteiger partial charge on any atom is -0.464 e. The van der Waals surface area contributed by atoms with Gasteiger partial charge in [0.2, 0.25) is 0 Å². The van der Waals surface area contributed by atoms with Crippen LogP contribution in [0.25, 0.3) is 31.9 Å². The third-order valence-electron chi connectivity index (χ3n) is 3.93.